The fourth-order valence-electron chi connectivity index (χ4n) is 1.65. The zero-order valence-electron chi connectivity index (χ0n) is 14.7. The van der Waals surface area contributed by atoms with Crippen LogP contribution in [0.15, 0.2) is 0 Å². The van der Waals surface area contributed by atoms with Gasteiger partial charge < -0.3 is 14.2 Å². The number of Topliss-reactive ketones (excluding diaryl/α,β-unsaturated/α-hetero) is 2. The Hall–Kier alpha value is -1.85. The third-order valence-electron chi connectivity index (χ3n) is 2.92. The molecule has 0 aromatic carbocycles. The molecular weight excluding hydrogens is 370 g/mol. The third-order valence-corrected chi connectivity index (χ3v) is 4.20. The molecule has 0 bridgehead atoms. The van der Waals surface area contributed by atoms with Crippen molar-refractivity contribution in [2.75, 3.05) is 38.8 Å². The highest BCUT2D eigenvalue weighted by molar-refractivity contribution is 7.90. The second-order valence-electron chi connectivity index (χ2n) is 5.32. The van der Waals surface area contributed by atoms with E-state index in [1.807, 2.05) is 0 Å². The summed E-state index contributed by atoms with van der Waals surface area (Å²) in [6, 6.07) is 0. The molecule has 0 aromatic rings. The summed E-state index contributed by atoms with van der Waals surface area (Å²) < 4.78 is 39.4. The standard InChI is InChI=1S/C15H25NO9S/c1-13(18)4-7-24-9-8-23-6-2-3-14(19)5-10-26(21,22)16-15(20)11-25-12-17/h12H,2-11H2,1H3,(H,16,20). The van der Waals surface area contributed by atoms with Crippen LogP contribution >= 0.6 is 0 Å². The van der Waals surface area contributed by atoms with E-state index in [1.54, 1.807) is 4.72 Å². The van der Waals surface area contributed by atoms with Crippen LogP contribution in [0.1, 0.15) is 32.6 Å². The van der Waals surface area contributed by atoms with Crippen molar-refractivity contribution in [2.45, 2.75) is 32.6 Å². The highest BCUT2D eigenvalue weighted by Crippen LogP contribution is 1.99. The average molecular weight is 395 g/mol. The Bertz CT molecular complexity index is 559. The normalized spacial score (nSPS) is 11.0. The third kappa shape index (κ3) is 15.7. The molecule has 1 N–H and O–H groups in total. The van der Waals surface area contributed by atoms with Gasteiger partial charge in [0.25, 0.3) is 12.4 Å². The van der Waals surface area contributed by atoms with Crippen molar-refractivity contribution < 1.29 is 41.8 Å². The summed E-state index contributed by atoms with van der Waals surface area (Å²) in [5.41, 5.74) is 0. The van der Waals surface area contributed by atoms with Crippen molar-refractivity contribution in [1.29, 1.82) is 0 Å². The molecule has 26 heavy (non-hydrogen) atoms. The maximum absolute atomic E-state index is 11.6. The van der Waals surface area contributed by atoms with Crippen molar-refractivity contribution in [3.05, 3.63) is 0 Å². The van der Waals surface area contributed by atoms with Crippen LogP contribution in [0.5, 0.6) is 0 Å². The Kier molecular flexibility index (Phi) is 13.3. The van der Waals surface area contributed by atoms with Gasteiger partial charge >= 0.3 is 0 Å². The summed E-state index contributed by atoms with van der Waals surface area (Å²) in [6.45, 7) is 2.18. The largest absolute Gasteiger partial charge is 0.458 e. The van der Waals surface area contributed by atoms with E-state index < -0.39 is 28.3 Å². The number of nitrogens with one attached hydrogen (secondary N) is 1. The van der Waals surface area contributed by atoms with E-state index in [9.17, 15) is 27.6 Å². The molecule has 0 unspecified atom stereocenters. The number of hydrogen-bond acceptors (Lipinski definition) is 9. The van der Waals surface area contributed by atoms with E-state index in [2.05, 4.69) is 4.74 Å². The van der Waals surface area contributed by atoms with Crippen LogP contribution in [0.2, 0.25) is 0 Å². The number of amides is 1. The van der Waals surface area contributed by atoms with Crippen LogP contribution in [0.25, 0.3) is 0 Å². The van der Waals surface area contributed by atoms with Gasteiger partial charge in [0.1, 0.15) is 11.6 Å². The lowest BCUT2D eigenvalue weighted by molar-refractivity contribution is -0.136. The lowest BCUT2D eigenvalue weighted by Gasteiger charge is -2.06. The quantitative estimate of drug-likeness (QED) is 0.251. The fraction of sp³-hybridized carbons (Fsp3) is 0.733. The molecule has 0 rings (SSSR count). The van der Waals surface area contributed by atoms with Crippen molar-refractivity contribution in [3.63, 3.8) is 0 Å². The Morgan fingerprint density at radius 2 is 1.62 bits per heavy atom. The first-order valence-electron chi connectivity index (χ1n) is 8.02. The molecule has 0 aliphatic rings. The van der Waals surface area contributed by atoms with Gasteiger partial charge in [0.05, 0.1) is 25.6 Å². The van der Waals surface area contributed by atoms with Gasteiger partial charge in [-0.15, -0.1) is 0 Å². The van der Waals surface area contributed by atoms with Gasteiger partial charge in [-0.1, -0.05) is 0 Å². The number of hydrogen-bond donors (Lipinski definition) is 1. The fourth-order valence-corrected chi connectivity index (χ4v) is 2.65. The smallest absolute Gasteiger partial charge is 0.293 e. The van der Waals surface area contributed by atoms with E-state index in [4.69, 9.17) is 9.47 Å². The van der Waals surface area contributed by atoms with Gasteiger partial charge in [-0.25, -0.2) is 8.42 Å². The SMILES string of the molecule is CC(=O)CCOCCOCCCC(=O)CCS(=O)(=O)NC(=O)COC=O. The molecule has 0 fully saturated rings. The maximum Gasteiger partial charge on any atom is 0.293 e. The van der Waals surface area contributed by atoms with Crippen LogP contribution in [0.4, 0.5) is 0 Å². The van der Waals surface area contributed by atoms with Gasteiger partial charge in [-0.2, -0.15) is 0 Å². The molecule has 0 aliphatic heterocycles. The molecule has 0 saturated heterocycles. The van der Waals surface area contributed by atoms with Crippen LogP contribution < -0.4 is 4.72 Å². The molecule has 0 aromatic heterocycles. The number of sulfonamides is 1. The van der Waals surface area contributed by atoms with Gasteiger partial charge in [0.15, 0.2) is 6.61 Å². The van der Waals surface area contributed by atoms with Gasteiger partial charge in [-0.3, -0.25) is 23.9 Å². The predicted octanol–water partition coefficient (Wildman–Crippen LogP) is -0.643. The van der Waals surface area contributed by atoms with Crippen LogP contribution in [0.3, 0.4) is 0 Å². The number of carbonyl (C=O) groups is 4. The summed E-state index contributed by atoms with van der Waals surface area (Å²) in [6.07, 6.45) is 0.724. The van der Waals surface area contributed by atoms with E-state index in [-0.39, 0.29) is 30.9 Å². The first kappa shape index (κ1) is 24.1. The zero-order valence-corrected chi connectivity index (χ0v) is 15.5. The summed E-state index contributed by atoms with van der Waals surface area (Å²) in [5, 5.41) is 0. The highest BCUT2D eigenvalue weighted by Gasteiger charge is 2.16. The van der Waals surface area contributed by atoms with Crippen molar-refractivity contribution >= 4 is 34.0 Å². The Morgan fingerprint density at radius 3 is 2.23 bits per heavy atom. The maximum atomic E-state index is 11.6. The average Bonchev–Trinajstić information content (AvgIpc) is 2.56. The van der Waals surface area contributed by atoms with E-state index in [1.165, 1.54) is 6.92 Å². The second-order valence-corrected chi connectivity index (χ2v) is 7.16. The molecule has 0 atom stereocenters. The number of carbonyl (C=O) groups excluding carboxylic acids is 4. The van der Waals surface area contributed by atoms with Crippen molar-refractivity contribution in [2.24, 2.45) is 0 Å². The van der Waals surface area contributed by atoms with Gasteiger partial charge in [-0.05, 0) is 13.3 Å². The molecule has 0 aliphatic carbocycles. The predicted molar refractivity (Wildman–Crippen MR) is 89.7 cm³/mol. The minimum atomic E-state index is -3.95. The van der Waals surface area contributed by atoms with E-state index in [0.29, 0.717) is 39.3 Å². The minimum absolute atomic E-state index is 0.0239. The summed E-state index contributed by atoms with van der Waals surface area (Å²) in [5.74, 6) is -1.72. The van der Waals surface area contributed by atoms with Crippen molar-refractivity contribution in [3.8, 4) is 0 Å². The van der Waals surface area contributed by atoms with E-state index in [0.717, 1.165) is 0 Å². The first-order chi connectivity index (χ1) is 12.3. The molecule has 0 radical (unpaired) electrons. The Morgan fingerprint density at radius 1 is 0.962 bits per heavy atom. The molecule has 0 spiro atoms. The summed E-state index contributed by atoms with van der Waals surface area (Å²) >= 11 is 0. The first-order valence-corrected chi connectivity index (χ1v) is 9.67. The molecule has 1 amide bonds. The lowest BCUT2D eigenvalue weighted by Crippen LogP contribution is -2.35. The highest BCUT2D eigenvalue weighted by atomic mass is 32.2. The molecule has 150 valence electrons. The Balaban J connectivity index is 3.68. The van der Waals surface area contributed by atoms with Crippen LogP contribution in [-0.2, 0) is 43.4 Å². The second kappa shape index (κ2) is 14.3. The molecule has 0 heterocycles. The lowest BCUT2D eigenvalue weighted by atomic mass is 10.2. The summed E-state index contributed by atoms with van der Waals surface area (Å²) in [4.78, 5) is 43.3. The number of rotatable bonds is 17. The van der Waals surface area contributed by atoms with Gasteiger partial charge in [0.2, 0.25) is 10.0 Å². The van der Waals surface area contributed by atoms with Gasteiger partial charge in [0, 0.05) is 25.9 Å². The number of ether oxygens (including phenoxy) is 3. The van der Waals surface area contributed by atoms with Crippen LogP contribution in [0, 0.1) is 0 Å². The summed E-state index contributed by atoms with van der Waals surface area (Å²) in [7, 11) is -3.95. The molecule has 11 heteroatoms. The Labute approximate surface area is 152 Å². The molecule has 0 saturated carbocycles. The minimum Gasteiger partial charge on any atom is -0.458 e. The van der Waals surface area contributed by atoms with E-state index >= 15 is 0 Å². The topological polar surface area (TPSA) is 142 Å². The van der Waals surface area contributed by atoms with Crippen molar-refractivity contribution in [1.82, 2.24) is 4.72 Å². The molecule has 10 nitrogen and oxygen atoms in total. The van der Waals surface area contributed by atoms with Crippen LogP contribution in [-0.4, -0.2) is 71.2 Å². The number of ketones is 2. The monoisotopic (exact) mass is 395 g/mol. The molecular formula is C15H25NO9S. The zero-order chi connectivity index (χ0) is 19.8.